The zero-order valence-electron chi connectivity index (χ0n) is 9.31. The van der Waals surface area contributed by atoms with E-state index in [9.17, 15) is 8.42 Å². The van der Waals surface area contributed by atoms with Gasteiger partial charge in [0.2, 0.25) is 10.0 Å². The molecular weight excluding hydrogens is 226 g/mol. The number of pyridine rings is 1. The molecule has 0 spiro atoms. The molecule has 0 saturated heterocycles. The van der Waals surface area contributed by atoms with Crippen LogP contribution in [-0.2, 0) is 16.6 Å². The Balaban J connectivity index is 2.55. The van der Waals surface area contributed by atoms with Crippen molar-refractivity contribution in [2.24, 2.45) is 5.73 Å². The molecule has 0 aliphatic heterocycles. The third-order valence-electron chi connectivity index (χ3n) is 2.24. The fraction of sp³-hybridized carbons (Fsp3) is 0.500. The molecule has 0 unspecified atom stereocenters. The predicted octanol–water partition coefficient (Wildman–Crippen LogP) is 0.158. The lowest BCUT2D eigenvalue weighted by Gasteiger charge is -2.07. The van der Waals surface area contributed by atoms with Gasteiger partial charge < -0.3 is 5.73 Å². The van der Waals surface area contributed by atoms with Gasteiger partial charge in [-0.15, -0.1) is 0 Å². The largest absolute Gasteiger partial charge is 0.330 e. The Morgan fingerprint density at radius 3 is 2.88 bits per heavy atom. The fourth-order valence-corrected chi connectivity index (χ4v) is 2.30. The molecule has 0 bridgehead atoms. The lowest BCUT2D eigenvalue weighted by Crippen LogP contribution is -2.27. The predicted molar refractivity (Wildman–Crippen MR) is 63.3 cm³/mol. The normalized spacial score (nSPS) is 11.6. The van der Waals surface area contributed by atoms with Crippen LogP contribution in [0.5, 0.6) is 0 Å². The van der Waals surface area contributed by atoms with E-state index in [1.807, 2.05) is 6.92 Å². The second-order valence-electron chi connectivity index (χ2n) is 3.58. The van der Waals surface area contributed by atoms with Crippen LogP contribution in [0.4, 0.5) is 0 Å². The molecule has 0 radical (unpaired) electrons. The van der Waals surface area contributed by atoms with Crippen molar-refractivity contribution in [2.75, 3.05) is 12.3 Å². The summed E-state index contributed by atoms with van der Waals surface area (Å²) in [5.74, 6) is 0.0770. The molecule has 6 heteroatoms. The number of hydrogen-bond donors (Lipinski definition) is 2. The molecule has 0 fully saturated rings. The van der Waals surface area contributed by atoms with Gasteiger partial charge in [0.05, 0.1) is 5.75 Å². The van der Waals surface area contributed by atoms with Gasteiger partial charge in [0.15, 0.2) is 0 Å². The van der Waals surface area contributed by atoms with E-state index >= 15 is 0 Å². The second-order valence-corrected chi connectivity index (χ2v) is 5.51. The van der Waals surface area contributed by atoms with Crippen LogP contribution in [0.3, 0.4) is 0 Å². The van der Waals surface area contributed by atoms with Gasteiger partial charge in [-0.25, -0.2) is 13.1 Å². The van der Waals surface area contributed by atoms with Crippen molar-refractivity contribution in [1.82, 2.24) is 9.71 Å². The number of aryl methyl sites for hydroxylation is 1. The minimum Gasteiger partial charge on any atom is -0.330 e. The highest BCUT2D eigenvalue weighted by atomic mass is 32.2. The van der Waals surface area contributed by atoms with Gasteiger partial charge in [0.1, 0.15) is 0 Å². The highest BCUT2D eigenvalue weighted by Gasteiger charge is 2.09. The topological polar surface area (TPSA) is 85.1 Å². The van der Waals surface area contributed by atoms with Crippen molar-refractivity contribution in [3.05, 3.63) is 29.6 Å². The number of hydrogen-bond acceptors (Lipinski definition) is 4. The highest BCUT2D eigenvalue weighted by molar-refractivity contribution is 7.89. The summed E-state index contributed by atoms with van der Waals surface area (Å²) in [4.78, 5) is 3.95. The molecule has 1 aromatic rings. The molecule has 1 heterocycles. The Bertz CT molecular complexity index is 431. The molecule has 1 rings (SSSR count). The van der Waals surface area contributed by atoms with Crippen LogP contribution in [0, 0.1) is 6.92 Å². The van der Waals surface area contributed by atoms with Gasteiger partial charge in [-0.05, 0) is 37.1 Å². The maximum Gasteiger partial charge on any atom is 0.211 e. The van der Waals surface area contributed by atoms with Gasteiger partial charge in [-0.1, -0.05) is 0 Å². The lowest BCUT2D eigenvalue weighted by atomic mass is 10.2. The monoisotopic (exact) mass is 243 g/mol. The van der Waals surface area contributed by atoms with E-state index in [0.717, 1.165) is 11.1 Å². The Kier molecular flexibility index (Phi) is 4.85. The highest BCUT2D eigenvalue weighted by Crippen LogP contribution is 2.05. The van der Waals surface area contributed by atoms with Crippen molar-refractivity contribution in [1.29, 1.82) is 0 Å². The van der Waals surface area contributed by atoms with Gasteiger partial charge in [-0.3, -0.25) is 4.98 Å². The number of aromatic nitrogens is 1. The van der Waals surface area contributed by atoms with E-state index < -0.39 is 10.0 Å². The number of nitrogens with two attached hydrogens (primary N) is 1. The number of nitrogens with zero attached hydrogens (tertiary/aromatic N) is 1. The van der Waals surface area contributed by atoms with Crippen molar-refractivity contribution < 1.29 is 8.42 Å². The Morgan fingerprint density at radius 1 is 1.50 bits per heavy atom. The molecule has 0 atom stereocenters. The Labute approximate surface area is 96.1 Å². The summed E-state index contributed by atoms with van der Waals surface area (Å²) in [5, 5.41) is 0. The number of rotatable bonds is 6. The zero-order chi connectivity index (χ0) is 12.0. The number of nitrogens with one attached hydrogen (secondary N) is 1. The summed E-state index contributed by atoms with van der Waals surface area (Å²) in [7, 11) is -3.21. The summed E-state index contributed by atoms with van der Waals surface area (Å²) in [6.07, 6.45) is 3.84. The minimum absolute atomic E-state index is 0.0770. The van der Waals surface area contributed by atoms with Crippen LogP contribution < -0.4 is 10.5 Å². The summed E-state index contributed by atoms with van der Waals surface area (Å²) in [5.41, 5.74) is 7.18. The van der Waals surface area contributed by atoms with E-state index in [-0.39, 0.29) is 5.75 Å². The second kappa shape index (κ2) is 5.93. The van der Waals surface area contributed by atoms with Crippen LogP contribution in [0.25, 0.3) is 0 Å². The molecule has 0 aliphatic carbocycles. The molecule has 3 N–H and O–H groups in total. The van der Waals surface area contributed by atoms with Crippen LogP contribution in [0.15, 0.2) is 18.5 Å². The van der Waals surface area contributed by atoms with Crippen LogP contribution in [0.2, 0.25) is 0 Å². The van der Waals surface area contributed by atoms with Crippen LogP contribution >= 0.6 is 0 Å². The molecular formula is C10H17N3O2S. The van der Waals surface area contributed by atoms with Crippen LogP contribution in [0.1, 0.15) is 17.5 Å². The fourth-order valence-electron chi connectivity index (χ4n) is 1.23. The van der Waals surface area contributed by atoms with E-state index in [1.165, 1.54) is 0 Å². The quantitative estimate of drug-likeness (QED) is 0.745. The molecule has 0 aliphatic rings. The van der Waals surface area contributed by atoms with Crippen molar-refractivity contribution in [3.63, 3.8) is 0 Å². The van der Waals surface area contributed by atoms with Crippen LogP contribution in [-0.4, -0.2) is 25.7 Å². The van der Waals surface area contributed by atoms with Crippen molar-refractivity contribution in [3.8, 4) is 0 Å². The SMILES string of the molecule is Cc1cnccc1CNS(=O)(=O)CCCN. The third-order valence-corrected chi connectivity index (χ3v) is 3.65. The first-order chi connectivity index (χ1) is 7.55. The Hall–Kier alpha value is -0.980. The maximum absolute atomic E-state index is 11.5. The molecule has 0 aromatic carbocycles. The van der Waals surface area contributed by atoms with Gasteiger partial charge in [-0.2, -0.15) is 0 Å². The van der Waals surface area contributed by atoms with Crippen molar-refractivity contribution in [2.45, 2.75) is 19.9 Å². The zero-order valence-corrected chi connectivity index (χ0v) is 10.1. The van der Waals surface area contributed by atoms with Gasteiger partial charge in [0.25, 0.3) is 0 Å². The smallest absolute Gasteiger partial charge is 0.211 e. The van der Waals surface area contributed by atoms with E-state index in [0.29, 0.717) is 19.5 Å². The molecule has 16 heavy (non-hydrogen) atoms. The summed E-state index contributed by atoms with van der Waals surface area (Å²) in [6, 6.07) is 1.81. The standard InChI is InChI=1S/C10H17N3O2S/c1-9-7-12-5-3-10(9)8-13-16(14,15)6-2-4-11/h3,5,7,13H,2,4,6,8,11H2,1H3. The molecule has 0 saturated carbocycles. The molecule has 90 valence electrons. The average molecular weight is 243 g/mol. The molecule has 0 amide bonds. The van der Waals surface area contributed by atoms with E-state index in [2.05, 4.69) is 9.71 Å². The molecule has 1 aromatic heterocycles. The lowest BCUT2D eigenvalue weighted by molar-refractivity contribution is 0.578. The maximum atomic E-state index is 11.5. The minimum atomic E-state index is -3.21. The average Bonchev–Trinajstić information content (AvgIpc) is 2.26. The van der Waals surface area contributed by atoms with E-state index in [1.54, 1.807) is 18.5 Å². The summed E-state index contributed by atoms with van der Waals surface area (Å²) < 4.78 is 25.5. The first-order valence-corrected chi connectivity index (χ1v) is 6.77. The van der Waals surface area contributed by atoms with Crippen molar-refractivity contribution >= 4 is 10.0 Å². The number of sulfonamides is 1. The summed E-state index contributed by atoms with van der Waals surface area (Å²) >= 11 is 0. The Morgan fingerprint density at radius 2 is 2.25 bits per heavy atom. The molecule has 5 nitrogen and oxygen atoms in total. The first-order valence-electron chi connectivity index (χ1n) is 5.12. The van der Waals surface area contributed by atoms with Gasteiger partial charge >= 0.3 is 0 Å². The summed E-state index contributed by atoms with van der Waals surface area (Å²) in [6.45, 7) is 2.59. The van der Waals surface area contributed by atoms with Gasteiger partial charge in [0, 0.05) is 18.9 Å². The first kappa shape index (κ1) is 13.1. The third kappa shape index (κ3) is 4.26. The van der Waals surface area contributed by atoms with E-state index in [4.69, 9.17) is 5.73 Å².